The highest BCUT2D eigenvalue weighted by Gasteiger charge is 2.45. The predicted molar refractivity (Wildman–Crippen MR) is 235 cm³/mol. The minimum Gasteiger partial charge on any atom is -0.308 e. The van der Waals surface area contributed by atoms with Crippen LogP contribution in [0.3, 0.4) is 0 Å². The van der Waals surface area contributed by atoms with Crippen molar-refractivity contribution in [1.82, 2.24) is 19.1 Å². The lowest BCUT2D eigenvalue weighted by molar-refractivity contribution is 0.395. The molecule has 4 heteroatoms. The highest BCUT2D eigenvalue weighted by Crippen LogP contribution is 2.55. The summed E-state index contributed by atoms with van der Waals surface area (Å²) < 4.78 is 4.93. The molecule has 10 aromatic rings. The molecule has 3 aliphatic rings. The maximum Gasteiger partial charge on any atom is 0.165 e. The molecule has 1 aliphatic heterocycles. The standard InChI is InChI=1S/C53H36N4/c1-53(2)40-21-9-5-16-33(40)34-28-27-31(29-41(34)53)50-52(55-43-23-11-10-22-42(43)54-50)57-46-26-14-8-20-38(46)48-47(57)30-39-36-18-7-13-25-45(36)56-44-24-12-6-17-35(44)32-15-3-4-19-37(32)49(48)51(39)56/h3-30,34,41H,1-2H3. The van der Waals surface area contributed by atoms with E-state index in [9.17, 15) is 0 Å². The molecule has 0 spiro atoms. The third-order valence-electron chi connectivity index (χ3n) is 13.3. The van der Waals surface area contributed by atoms with E-state index in [4.69, 9.17) is 9.97 Å². The topological polar surface area (TPSA) is 35.6 Å². The number of allylic oxidation sites excluding steroid dienone is 4. The van der Waals surface area contributed by atoms with Crippen molar-refractivity contribution < 1.29 is 0 Å². The molecule has 2 unspecified atom stereocenters. The van der Waals surface area contributed by atoms with Crippen LogP contribution in [-0.4, -0.2) is 19.1 Å². The maximum atomic E-state index is 5.59. The lowest BCUT2D eigenvalue weighted by atomic mass is 9.73. The summed E-state index contributed by atoms with van der Waals surface area (Å²) in [6, 6.07) is 55.4. The Bertz CT molecular complexity index is 3460. The number of aromatic nitrogens is 4. The zero-order valence-corrected chi connectivity index (χ0v) is 31.6. The Morgan fingerprint density at radius 3 is 2.05 bits per heavy atom. The molecule has 3 aromatic heterocycles. The van der Waals surface area contributed by atoms with Gasteiger partial charge in [-0.1, -0.05) is 147 Å². The Morgan fingerprint density at radius 2 is 1.21 bits per heavy atom. The minimum atomic E-state index is -0.0273. The van der Waals surface area contributed by atoms with Gasteiger partial charge in [-0.15, -0.1) is 0 Å². The smallest absolute Gasteiger partial charge is 0.165 e. The minimum absolute atomic E-state index is 0.0273. The highest BCUT2D eigenvalue weighted by molar-refractivity contribution is 6.28. The van der Waals surface area contributed by atoms with Gasteiger partial charge in [0.15, 0.2) is 5.82 Å². The number of benzene rings is 7. The maximum absolute atomic E-state index is 5.59. The number of hydrogen-bond donors (Lipinski definition) is 0. The molecule has 4 heterocycles. The molecule has 0 N–H and O–H groups in total. The van der Waals surface area contributed by atoms with Gasteiger partial charge in [0, 0.05) is 44.2 Å². The molecule has 2 atom stereocenters. The third kappa shape index (κ3) is 4.02. The monoisotopic (exact) mass is 728 g/mol. The summed E-state index contributed by atoms with van der Waals surface area (Å²) in [5.41, 5.74) is 17.5. The van der Waals surface area contributed by atoms with Crippen LogP contribution in [-0.2, 0) is 5.41 Å². The first-order chi connectivity index (χ1) is 28.1. The summed E-state index contributed by atoms with van der Waals surface area (Å²) in [6.07, 6.45) is 7.22. The van der Waals surface area contributed by atoms with E-state index in [1.807, 2.05) is 0 Å². The van der Waals surface area contributed by atoms with E-state index in [0.717, 1.165) is 39.2 Å². The first kappa shape index (κ1) is 31.2. The normalized spacial score (nSPS) is 17.5. The number of para-hydroxylation sites is 5. The molecule has 0 radical (unpaired) electrons. The largest absolute Gasteiger partial charge is 0.308 e. The van der Waals surface area contributed by atoms with E-state index >= 15 is 0 Å². The van der Waals surface area contributed by atoms with Crippen molar-refractivity contribution in [3.63, 3.8) is 0 Å². The van der Waals surface area contributed by atoms with Crippen LogP contribution >= 0.6 is 0 Å². The van der Waals surface area contributed by atoms with Crippen LogP contribution in [0.5, 0.6) is 0 Å². The SMILES string of the molecule is CC1(C)c2ccccc2C2C=CC(c3nc4ccccc4nc3-n3c4ccccc4c4c5c6c(cc43)c3ccccc3n6-c3ccccc3-c3ccccc3-5)=CC21. The van der Waals surface area contributed by atoms with Crippen molar-refractivity contribution in [2.24, 2.45) is 5.92 Å². The van der Waals surface area contributed by atoms with Crippen molar-refractivity contribution in [3.8, 4) is 33.8 Å². The lowest BCUT2D eigenvalue weighted by Gasteiger charge is -2.31. The average molecular weight is 729 g/mol. The Kier molecular flexibility index (Phi) is 6.05. The molecule has 57 heavy (non-hydrogen) atoms. The van der Waals surface area contributed by atoms with Crippen molar-refractivity contribution in [3.05, 3.63) is 187 Å². The van der Waals surface area contributed by atoms with Gasteiger partial charge in [-0.25, -0.2) is 9.97 Å². The second-order valence-electron chi connectivity index (χ2n) is 16.5. The number of fused-ring (bicyclic) bond motifs is 16. The molecule has 268 valence electrons. The quantitative estimate of drug-likeness (QED) is 0.178. The average Bonchev–Trinajstić information content (AvgIpc) is 3.81. The summed E-state index contributed by atoms with van der Waals surface area (Å²) in [6.45, 7) is 4.80. The number of nitrogens with zero attached hydrogens (tertiary/aromatic N) is 4. The highest BCUT2D eigenvalue weighted by atomic mass is 15.1. The molecule has 0 bridgehead atoms. The number of rotatable bonds is 2. The molecule has 0 saturated heterocycles. The molecule has 0 amide bonds. The lowest BCUT2D eigenvalue weighted by Crippen LogP contribution is -2.25. The van der Waals surface area contributed by atoms with Gasteiger partial charge in [0.1, 0.15) is 5.69 Å². The van der Waals surface area contributed by atoms with Gasteiger partial charge in [-0.3, -0.25) is 4.57 Å². The Hall–Kier alpha value is -7.04. The molecule has 0 saturated carbocycles. The molecule has 0 fully saturated rings. The molecule has 2 aliphatic carbocycles. The van der Waals surface area contributed by atoms with E-state index in [1.165, 1.54) is 71.6 Å². The summed E-state index contributed by atoms with van der Waals surface area (Å²) >= 11 is 0. The summed E-state index contributed by atoms with van der Waals surface area (Å²) in [5, 5.41) is 4.88. The Balaban J connectivity index is 1.18. The van der Waals surface area contributed by atoms with Gasteiger partial charge in [-0.2, -0.15) is 0 Å². The fraction of sp³-hybridized carbons (Fsp3) is 0.0943. The summed E-state index contributed by atoms with van der Waals surface area (Å²) in [4.78, 5) is 11.1. The summed E-state index contributed by atoms with van der Waals surface area (Å²) in [7, 11) is 0. The molecular formula is C53H36N4. The first-order valence-electron chi connectivity index (χ1n) is 20.0. The van der Waals surface area contributed by atoms with E-state index < -0.39 is 0 Å². The molecule has 7 aromatic carbocycles. The third-order valence-corrected chi connectivity index (χ3v) is 13.3. The second kappa shape index (κ2) is 11.0. The van der Waals surface area contributed by atoms with Crippen molar-refractivity contribution in [1.29, 1.82) is 0 Å². The van der Waals surface area contributed by atoms with E-state index in [2.05, 4.69) is 193 Å². The second-order valence-corrected chi connectivity index (χ2v) is 16.5. The molecular weight excluding hydrogens is 693 g/mol. The fourth-order valence-electron chi connectivity index (χ4n) is 10.8. The van der Waals surface area contributed by atoms with E-state index in [0.29, 0.717) is 11.8 Å². The zero-order chi connectivity index (χ0) is 37.6. The van der Waals surface area contributed by atoms with Crippen molar-refractivity contribution >= 4 is 60.2 Å². The molecule has 13 rings (SSSR count). The van der Waals surface area contributed by atoms with Crippen LogP contribution in [0.15, 0.2) is 170 Å². The summed E-state index contributed by atoms with van der Waals surface area (Å²) in [5.74, 6) is 1.48. The van der Waals surface area contributed by atoms with E-state index in [1.54, 1.807) is 0 Å². The van der Waals surface area contributed by atoms with Gasteiger partial charge in [-0.05, 0) is 70.0 Å². The van der Waals surface area contributed by atoms with Crippen LogP contribution in [0.25, 0.3) is 94.0 Å². The van der Waals surface area contributed by atoms with Crippen LogP contribution in [0.2, 0.25) is 0 Å². The fourth-order valence-corrected chi connectivity index (χ4v) is 10.8. The van der Waals surface area contributed by atoms with Gasteiger partial charge in [0.05, 0.1) is 38.8 Å². The zero-order valence-electron chi connectivity index (χ0n) is 31.6. The van der Waals surface area contributed by atoms with Gasteiger partial charge < -0.3 is 4.57 Å². The Labute approximate surface area is 329 Å². The van der Waals surface area contributed by atoms with Gasteiger partial charge in [0.2, 0.25) is 0 Å². The van der Waals surface area contributed by atoms with Crippen molar-refractivity contribution in [2.75, 3.05) is 0 Å². The number of hydrogen-bond acceptors (Lipinski definition) is 2. The van der Waals surface area contributed by atoms with E-state index in [-0.39, 0.29) is 5.41 Å². The predicted octanol–water partition coefficient (Wildman–Crippen LogP) is 13.1. The van der Waals surface area contributed by atoms with Gasteiger partial charge in [0.25, 0.3) is 0 Å². The van der Waals surface area contributed by atoms with Crippen LogP contribution in [0, 0.1) is 5.92 Å². The molecule has 4 nitrogen and oxygen atoms in total. The van der Waals surface area contributed by atoms with Crippen LogP contribution in [0.4, 0.5) is 0 Å². The van der Waals surface area contributed by atoms with Crippen LogP contribution < -0.4 is 0 Å². The first-order valence-corrected chi connectivity index (χ1v) is 20.0. The van der Waals surface area contributed by atoms with Crippen molar-refractivity contribution in [2.45, 2.75) is 25.2 Å². The van der Waals surface area contributed by atoms with Gasteiger partial charge >= 0.3 is 0 Å². The Morgan fingerprint density at radius 1 is 0.561 bits per heavy atom. The van der Waals surface area contributed by atoms with Crippen LogP contribution in [0.1, 0.15) is 36.6 Å².